The molecule has 160 valence electrons. The lowest BCUT2D eigenvalue weighted by Crippen LogP contribution is -2.35. The molecule has 7 heteroatoms. The summed E-state index contributed by atoms with van der Waals surface area (Å²) in [7, 11) is 1.55. The minimum Gasteiger partial charge on any atom is -0.496 e. The van der Waals surface area contributed by atoms with Gasteiger partial charge in [-0.1, -0.05) is 44.0 Å². The number of aryl methyl sites for hydroxylation is 1. The average molecular weight is 448 g/mol. The normalized spacial score (nSPS) is 11.3. The zero-order chi connectivity index (χ0) is 21.8. The first-order valence-electron chi connectivity index (χ1n) is 10.1. The van der Waals surface area contributed by atoms with Crippen LogP contribution in [-0.4, -0.2) is 34.0 Å². The van der Waals surface area contributed by atoms with Gasteiger partial charge in [-0.15, -0.1) is 0 Å². The van der Waals surface area contributed by atoms with Crippen LogP contribution in [0.25, 0.3) is 11.0 Å². The molecule has 0 aliphatic heterocycles. The second kappa shape index (κ2) is 9.71. The van der Waals surface area contributed by atoms with E-state index in [1.165, 1.54) is 0 Å². The number of hydrogen-bond donors (Lipinski definition) is 0. The van der Waals surface area contributed by atoms with Crippen LogP contribution in [0.3, 0.4) is 0 Å². The molecule has 30 heavy (non-hydrogen) atoms. The lowest BCUT2D eigenvalue weighted by molar-refractivity contribution is 0.0713. The van der Waals surface area contributed by atoms with Gasteiger partial charge in [-0.05, 0) is 48.7 Å². The van der Waals surface area contributed by atoms with Crippen molar-refractivity contribution < 1.29 is 9.53 Å². The van der Waals surface area contributed by atoms with Crippen molar-refractivity contribution in [2.24, 2.45) is 5.92 Å². The fraction of sp³-hybridized carbons (Fsp3) is 0.391. The summed E-state index contributed by atoms with van der Waals surface area (Å²) >= 11 is 12.4. The lowest BCUT2D eigenvalue weighted by Gasteiger charge is -2.25. The highest BCUT2D eigenvalue weighted by Crippen LogP contribution is 2.26. The zero-order valence-electron chi connectivity index (χ0n) is 17.8. The first-order chi connectivity index (χ1) is 14.3. The third kappa shape index (κ3) is 4.90. The molecule has 0 saturated heterocycles. The number of imidazole rings is 1. The van der Waals surface area contributed by atoms with Gasteiger partial charge in [0.05, 0.1) is 30.3 Å². The van der Waals surface area contributed by atoms with Crippen LogP contribution in [-0.2, 0) is 13.1 Å². The van der Waals surface area contributed by atoms with E-state index < -0.39 is 0 Å². The monoisotopic (exact) mass is 447 g/mol. The van der Waals surface area contributed by atoms with E-state index in [1.54, 1.807) is 25.3 Å². The standard InChI is InChI=1S/C23H27Cl2N3O2/c1-5-10-28-20-12-17(25)6-8-19(20)26-22(28)14-27(13-15(2)3)23(29)18-11-16(24)7-9-21(18)30-4/h6-9,11-12,15H,5,10,13-14H2,1-4H3. The maximum Gasteiger partial charge on any atom is 0.258 e. The van der Waals surface area contributed by atoms with Gasteiger partial charge in [-0.25, -0.2) is 4.98 Å². The van der Waals surface area contributed by atoms with Gasteiger partial charge < -0.3 is 14.2 Å². The number of aromatic nitrogens is 2. The number of carbonyl (C=O) groups excluding carboxylic acids is 1. The number of rotatable bonds is 8. The van der Waals surface area contributed by atoms with E-state index in [1.807, 2.05) is 23.1 Å². The highest BCUT2D eigenvalue weighted by molar-refractivity contribution is 6.31. The number of halogens is 2. The molecule has 3 rings (SSSR count). The van der Waals surface area contributed by atoms with Crippen molar-refractivity contribution in [3.05, 3.63) is 57.8 Å². The number of hydrogen-bond acceptors (Lipinski definition) is 3. The third-order valence-corrected chi connectivity index (χ3v) is 5.30. The Balaban J connectivity index is 2.03. The lowest BCUT2D eigenvalue weighted by atomic mass is 10.1. The number of carbonyl (C=O) groups is 1. The molecule has 0 unspecified atom stereocenters. The van der Waals surface area contributed by atoms with Crippen LogP contribution in [0.1, 0.15) is 43.4 Å². The summed E-state index contributed by atoms with van der Waals surface area (Å²) in [5.74, 6) is 1.50. The van der Waals surface area contributed by atoms with E-state index in [-0.39, 0.29) is 11.8 Å². The summed E-state index contributed by atoms with van der Waals surface area (Å²) in [4.78, 5) is 20.1. The molecule has 0 N–H and O–H groups in total. The minimum absolute atomic E-state index is 0.129. The van der Waals surface area contributed by atoms with Crippen molar-refractivity contribution in [3.8, 4) is 5.75 Å². The van der Waals surface area contributed by atoms with E-state index in [9.17, 15) is 4.79 Å². The fourth-order valence-electron chi connectivity index (χ4n) is 3.59. The molecule has 1 heterocycles. The van der Waals surface area contributed by atoms with Gasteiger partial charge in [0.25, 0.3) is 5.91 Å². The Morgan fingerprint density at radius 3 is 2.53 bits per heavy atom. The zero-order valence-corrected chi connectivity index (χ0v) is 19.3. The van der Waals surface area contributed by atoms with Crippen molar-refractivity contribution in [2.45, 2.75) is 40.3 Å². The van der Waals surface area contributed by atoms with E-state index in [0.717, 1.165) is 29.8 Å². The van der Waals surface area contributed by atoms with Crippen molar-refractivity contribution >= 4 is 40.1 Å². The molecular formula is C23H27Cl2N3O2. The SMILES string of the molecule is CCCn1c(CN(CC(C)C)C(=O)c2cc(Cl)ccc2OC)nc2ccc(Cl)cc21. The largest absolute Gasteiger partial charge is 0.496 e. The van der Waals surface area contributed by atoms with E-state index in [2.05, 4.69) is 25.3 Å². The molecule has 3 aromatic rings. The number of fused-ring (bicyclic) bond motifs is 1. The average Bonchev–Trinajstić information content (AvgIpc) is 3.03. The van der Waals surface area contributed by atoms with Crippen LogP contribution in [0.4, 0.5) is 0 Å². The van der Waals surface area contributed by atoms with Crippen LogP contribution in [0.2, 0.25) is 10.0 Å². The molecule has 0 saturated carbocycles. The topological polar surface area (TPSA) is 47.4 Å². The van der Waals surface area contributed by atoms with Gasteiger partial charge >= 0.3 is 0 Å². The number of methoxy groups -OCH3 is 1. The smallest absolute Gasteiger partial charge is 0.258 e. The first-order valence-corrected chi connectivity index (χ1v) is 10.9. The van der Waals surface area contributed by atoms with Gasteiger partial charge in [0.15, 0.2) is 0 Å². The van der Waals surface area contributed by atoms with Gasteiger partial charge in [-0.3, -0.25) is 4.79 Å². The molecule has 0 bridgehead atoms. The Kier molecular flexibility index (Phi) is 7.27. The third-order valence-electron chi connectivity index (χ3n) is 4.83. The predicted octanol–water partition coefficient (Wildman–Crippen LogP) is 6.06. The number of amides is 1. The predicted molar refractivity (Wildman–Crippen MR) is 123 cm³/mol. The van der Waals surface area contributed by atoms with Gasteiger partial charge in [-0.2, -0.15) is 0 Å². The van der Waals surface area contributed by atoms with Crippen LogP contribution < -0.4 is 4.74 Å². The molecule has 2 aromatic carbocycles. The Hall–Kier alpha value is -2.24. The summed E-state index contributed by atoms with van der Waals surface area (Å²) in [6, 6.07) is 10.8. The maximum atomic E-state index is 13.5. The molecular weight excluding hydrogens is 421 g/mol. The van der Waals surface area contributed by atoms with Crippen molar-refractivity contribution in [2.75, 3.05) is 13.7 Å². The van der Waals surface area contributed by atoms with Crippen molar-refractivity contribution in [3.63, 3.8) is 0 Å². The molecule has 0 spiro atoms. The summed E-state index contributed by atoms with van der Waals surface area (Å²) in [5.41, 5.74) is 2.31. The number of benzene rings is 2. The molecule has 1 amide bonds. The quantitative estimate of drug-likeness (QED) is 0.421. The highest BCUT2D eigenvalue weighted by atomic mass is 35.5. The fourth-order valence-corrected chi connectivity index (χ4v) is 3.93. The molecule has 0 aliphatic carbocycles. The molecule has 0 atom stereocenters. The molecule has 0 radical (unpaired) electrons. The maximum absolute atomic E-state index is 13.5. The van der Waals surface area contributed by atoms with E-state index >= 15 is 0 Å². The number of nitrogens with zero attached hydrogens (tertiary/aromatic N) is 3. The van der Waals surface area contributed by atoms with Crippen molar-refractivity contribution in [1.29, 1.82) is 0 Å². The van der Waals surface area contributed by atoms with Crippen LogP contribution in [0.5, 0.6) is 5.75 Å². The van der Waals surface area contributed by atoms with Crippen LogP contribution in [0, 0.1) is 5.92 Å². The summed E-state index contributed by atoms with van der Waals surface area (Å²) in [5, 5.41) is 1.17. The molecule has 0 fully saturated rings. The van der Waals surface area contributed by atoms with Crippen LogP contribution >= 0.6 is 23.2 Å². The Bertz CT molecular complexity index is 1050. The van der Waals surface area contributed by atoms with Crippen molar-refractivity contribution in [1.82, 2.24) is 14.5 Å². The Morgan fingerprint density at radius 1 is 1.17 bits per heavy atom. The molecule has 1 aromatic heterocycles. The van der Waals surface area contributed by atoms with Gasteiger partial charge in [0.2, 0.25) is 0 Å². The first kappa shape index (κ1) is 22.4. The summed E-state index contributed by atoms with van der Waals surface area (Å²) < 4.78 is 7.56. The Labute approximate surface area is 187 Å². The van der Waals surface area contributed by atoms with E-state index in [0.29, 0.717) is 34.4 Å². The van der Waals surface area contributed by atoms with Crippen LogP contribution in [0.15, 0.2) is 36.4 Å². The molecule has 0 aliphatic rings. The molecule has 5 nitrogen and oxygen atoms in total. The minimum atomic E-state index is -0.129. The second-order valence-electron chi connectivity index (χ2n) is 7.74. The second-order valence-corrected chi connectivity index (χ2v) is 8.61. The summed E-state index contributed by atoms with van der Waals surface area (Å²) in [6.07, 6.45) is 0.950. The van der Waals surface area contributed by atoms with E-state index in [4.69, 9.17) is 32.9 Å². The highest BCUT2D eigenvalue weighted by Gasteiger charge is 2.23. The number of ether oxygens (including phenoxy) is 1. The summed E-state index contributed by atoms with van der Waals surface area (Å²) in [6.45, 7) is 8.07. The van der Waals surface area contributed by atoms with Gasteiger partial charge in [0.1, 0.15) is 11.6 Å². The van der Waals surface area contributed by atoms with Gasteiger partial charge in [0, 0.05) is 23.1 Å². The Morgan fingerprint density at radius 2 is 1.87 bits per heavy atom.